The van der Waals surface area contributed by atoms with E-state index in [1.807, 2.05) is 0 Å². The van der Waals surface area contributed by atoms with Gasteiger partial charge in [0, 0.05) is 30.4 Å². The van der Waals surface area contributed by atoms with Crippen LogP contribution < -0.4 is 4.74 Å². The monoisotopic (exact) mass is 425 g/mol. The van der Waals surface area contributed by atoms with Crippen LogP contribution in [0, 0.1) is 17.1 Å². The summed E-state index contributed by atoms with van der Waals surface area (Å²) in [5.74, 6) is -2.17. The van der Waals surface area contributed by atoms with Crippen LogP contribution >= 0.6 is 0 Å². The van der Waals surface area contributed by atoms with Gasteiger partial charge < -0.3 is 9.47 Å². The van der Waals surface area contributed by atoms with Gasteiger partial charge in [0.05, 0.1) is 16.5 Å². The molecule has 2 aromatic rings. The first-order valence-electron chi connectivity index (χ1n) is 8.23. The number of hydrogen-bond donors (Lipinski definition) is 0. The molecule has 1 aliphatic rings. The van der Waals surface area contributed by atoms with Crippen molar-refractivity contribution in [3.05, 3.63) is 52.8 Å². The van der Waals surface area contributed by atoms with Gasteiger partial charge in [-0.15, -0.1) is 0 Å². The minimum Gasteiger partial charge on any atom is -0.457 e. The topological polar surface area (TPSA) is 93.5 Å². The zero-order chi connectivity index (χ0) is 21.5. The second-order valence-corrected chi connectivity index (χ2v) is 8.41. The van der Waals surface area contributed by atoms with E-state index in [1.165, 1.54) is 6.07 Å². The molecule has 2 aromatic carbocycles. The van der Waals surface area contributed by atoms with E-state index in [2.05, 4.69) is 0 Å². The molecule has 0 heterocycles. The number of nitriles is 1. The highest BCUT2D eigenvalue weighted by Crippen LogP contribution is 2.52. The number of fused-ring (bicyclic) bond motifs is 1. The molecular formula is C19H14F3NO5S. The van der Waals surface area contributed by atoms with Gasteiger partial charge in [-0.05, 0) is 24.3 Å². The number of nitrogens with zero attached hydrogens (tertiary/aromatic N) is 1. The van der Waals surface area contributed by atoms with Crippen molar-refractivity contribution in [1.29, 1.82) is 5.26 Å². The van der Waals surface area contributed by atoms with E-state index in [0.29, 0.717) is 0 Å². The summed E-state index contributed by atoms with van der Waals surface area (Å²) in [5, 5.41) is 8.93. The van der Waals surface area contributed by atoms with Gasteiger partial charge in [0.15, 0.2) is 28.3 Å². The van der Waals surface area contributed by atoms with Gasteiger partial charge in [-0.1, -0.05) is 0 Å². The van der Waals surface area contributed by atoms with Crippen LogP contribution in [-0.2, 0) is 19.4 Å². The van der Waals surface area contributed by atoms with Gasteiger partial charge in [-0.3, -0.25) is 4.79 Å². The molecule has 0 bridgehead atoms. The molecule has 0 spiro atoms. The smallest absolute Gasteiger partial charge is 0.303 e. The third-order valence-corrected chi connectivity index (χ3v) is 5.41. The van der Waals surface area contributed by atoms with E-state index in [-0.39, 0.29) is 22.6 Å². The van der Waals surface area contributed by atoms with E-state index in [4.69, 9.17) is 14.7 Å². The minimum atomic E-state index is -3.93. The second kappa shape index (κ2) is 7.40. The van der Waals surface area contributed by atoms with Crippen LogP contribution in [0.3, 0.4) is 0 Å². The molecule has 0 fully saturated rings. The van der Waals surface area contributed by atoms with Crippen LogP contribution in [0.4, 0.5) is 13.2 Å². The highest BCUT2D eigenvalue weighted by Gasteiger charge is 2.48. The predicted octanol–water partition coefficient (Wildman–Crippen LogP) is 3.86. The highest BCUT2D eigenvalue weighted by molar-refractivity contribution is 7.90. The lowest BCUT2D eigenvalue weighted by atomic mass is 10.1. The minimum absolute atomic E-state index is 0.0673. The molecule has 29 heavy (non-hydrogen) atoms. The van der Waals surface area contributed by atoms with Crippen LogP contribution in [0.2, 0.25) is 0 Å². The van der Waals surface area contributed by atoms with Gasteiger partial charge >= 0.3 is 5.97 Å². The standard InChI is InChI=1S/C19H14F3NO5S/c1-9(24)27-19-16-14(29(2,25)26)4-3-13(15(16)17(21)18(19)22)28-12-6-10(8-23)5-11(20)7-12/h3-7,17-19H,1-2H3. The zero-order valence-corrected chi connectivity index (χ0v) is 16.0. The number of carbonyl (C=O) groups is 1. The van der Waals surface area contributed by atoms with Crippen molar-refractivity contribution in [3.8, 4) is 17.6 Å². The molecule has 0 amide bonds. The number of benzene rings is 2. The van der Waals surface area contributed by atoms with Crippen molar-refractivity contribution in [2.45, 2.75) is 30.3 Å². The van der Waals surface area contributed by atoms with Gasteiger partial charge in [0.2, 0.25) is 0 Å². The summed E-state index contributed by atoms with van der Waals surface area (Å²) in [6.45, 7) is 0.981. The lowest BCUT2D eigenvalue weighted by Crippen LogP contribution is -2.18. The predicted molar refractivity (Wildman–Crippen MR) is 94.0 cm³/mol. The fourth-order valence-electron chi connectivity index (χ4n) is 3.17. The number of sulfone groups is 1. The molecule has 0 saturated heterocycles. The molecule has 6 nitrogen and oxygen atoms in total. The average molecular weight is 425 g/mol. The van der Waals surface area contributed by atoms with Gasteiger partial charge in [-0.2, -0.15) is 5.26 Å². The van der Waals surface area contributed by atoms with Crippen LogP contribution in [0.15, 0.2) is 35.2 Å². The van der Waals surface area contributed by atoms with Crippen molar-refractivity contribution >= 4 is 15.8 Å². The Hall–Kier alpha value is -3.06. The van der Waals surface area contributed by atoms with E-state index >= 15 is 0 Å². The molecule has 3 unspecified atom stereocenters. The Kier molecular flexibility index (Phi) is 5.28. The summed E-state index contributed by atoms with van der Waals surface area (Å²) in [6.07, 6.45) is -5.65. The third kappa shape index (κ3) is 3.91. The van der Waals surface area contributed by atoms with E-state index in [0.717, 1.165) is 37.4 Å². The Morgan fingerprint density at radius 3 is 2.45 bits per heavy atom. The number of ether oxygens (including phenoxy) is 2. The largest absolute Gasteiger partial charge is 0.457 e. The molecule has 0 saturated carbocycles. The summed E-state index contributed by atoms with van der Waals surface area (Å²) in [7, 11) is -3.93. The Morgan fingerprint density at radius 1 is 1.17 bits per heavy atom. The summed E-state index contributed by atoms with van der Waals surface area (Å²) in [6, 6.07) is 6.95. The van der Waals surface area contributed by atoms with Crippen LogP contribution in [-0.4, -0.2) is 26.8 Å². The number of alkyl halides is 2. The second-order valence-electron chi connectivity index (χ2n) is 6.43. The van der Waals surface area contributed by atoms with Crippen molar-refractivity contribution in [1.82, 2.24) is 0 Å². The molecule has 3 rings (SSSR count). The molecule has 0 N–H and O–H groups in total. The first kappa shape index (κ1) is 20.7. The lowest BCUT2D eigenvalue weighted by molar-refractivity contribution is -0.150. The van der Waals surface area contributed by atoms with E-state index in [9.17, 15) is 26.4 Å². The fraction of sp³-hybridized carbons (Fsp3) is 0.263. The van der Waals surface area contributed by atoms with Gasteiger partial charge in [-0.25, -0.2) is 21.6 Å². The average Bonchev–Trinajstić information content (AvgIpc) is 2.85. The fourth-order valence-corrected chi connectivity index (χ4v) is 4.12. The number of rotatable bonds is 4. The summed E-state index contributed by atoms with van der Waals surface area (Å²) < 4.78 is 77.6. The van der Waals surface area contributed by atoms with Crippen LogP contribution in [0.5, 0.6) is 11.5 Å². The van der Waals surface area contributed by atoms with Crippen molar-refractivity contribution in [3.63, 3.8) is 0 Å². The maximum atomic E-state index is 14.8. The van der Waals surface area contributed by atoms with Crippen molar-refractivity contribution < 1.29 is 35.9 Å². The maximum absolute atomic E-state index is 14.8. The first-order chi connectivity index (χ1) is 13.5. The summed E-state index contributed by atoms with van der Waals surface area (Å²) >= 11 is 0. The Morgan fingerprint density at radius 2 is 1.86 bits per heavy atom. The Balaban J connectivity index is 2.20. The summed E-state index contributed by atoms with van der Waals surface area (Å²) in [5.41, 5.74) is -0.881. The molecule has 0 radical (unpaired) electrons. The zero-order valence-electron chi connectivity index (χ0n) is 15.1. The SMILES string of the molecule is CC(=O)OC1c2c(S(C)(=O)=O)ccc(Oc3cc(F)cc(C#N)c3)c2C(F)C1F. The molecule has 10 heteroatoms. The number of esters is 1. The number of carbonyl (C=O) groups excluding carboxylic acids is 1. The number of halogens is 3. The molecule has 152 valence electrons. The molecule has 0 aromatic heterocycles. The van der Waals surface area contributed by atoms with Gasteiger partial charge in [0.1, 0.15) is 17.3 Å². The van der Waals surface area contributed by atoms with Crippen molar-refractivity contribution in [2.24, 2.45) is 0 Å². The van der Waals surface area contributed by atoms with Crippen LogP contribution in [0.25, 0.3) is 0 Å². The van der Waals surface area contributed by atoms with E-state index in [1.54, 1.807) is 6.07 Å². The van der Waals surface area contributed by atoms with Crippen LogP contribution in [0.1, 0.15) is 35.9 Å². The first-order valence-corrected chi connectivity index (χ1v) is 10.1. The Bertz CT molecular complexity index is 1140. The normalized spacial score (nSPS) is 20.6. The Labute approximate surface area is 164 Å². The van der Waals surface area contributed by atoms with E-state index < -0.39 is 50.5 Å². The number of hydrogen-bond acceptors (Lipinski definition) is 6. The summed E-state index contributed by atoms with van der Waals surface area (Å²) in [4.78, 5) is 10.9. The molecule has 3 atom stereocenters. The third-order valence-electron chi connectivity index (χ3n) is 4.26. The quantitative estimate of drug-likeness (QED) is 0.691. The molecular weight excluding hydrogens is 411 g/mol. The van der Waals surface area contributed by atoms with Crippen molar-refractivity contribution in [2.75, 3.05) is 6.26 Å². The lowest BCUT2D eigenvalue weighted by Gasteiger charge is -2.17. The maximum Gasteiger partial charge on any atom is 0.303 e. The highest BCUT2D eigenvalue weighted by atomic mass is 32.2. The van der Waals surface area contributed by atoms with Gasteiger partial charge in [0.25, 0.3) is 0 Å². The molecule has 0 aliphatic heterocycles. The molecule has 1 aliphatic carbocycles.